The van der Waals surface area contributed by atoms with Crippen molar-refractivity contribution in [2.24, 2.45) is 0 Å². The fraction of sp³-hybridized carbons (Fsp3) is 0.0714. The number of rotatable bonds is 3. The summed E-state index contributed by atoms with van der Waals surface area (Å²) >= 11 is 28.6. The molecule has 21 heavy (non-hydrogen) atoms. The third-order valence-electron chi connectivity index (χ3n) is 2.57. The van der Waals surface area contributed by atoms with Crippen LogP contribution in [0.4, 0.5) is 0 Å². The monoisotopic (exact) mass is 382 g/mol. The van der Waals surface area contributed by atoms with Gasteiger partial charge in [-0.15, -0.1) is 0 Å². The van der Waals surface area contributed by atoms with Gasteiger partial charge < -0.3 is 4.74 Å². The Balaban J connectivity index is 2.22. The van der Waals surface area contributed by atoms with Crippen molar-refractivity contribution >= 4 is 63.2 Å². The van der Waals surface area contributed by atoms with E-state index < -0.39 is 9.03 Å². The molecule has 2 nitrogen and oxygen atoms in total. The van der Waals surface area contributed by atoms with Gasteiger partial charge >= 0.3 is 0 Å². The highest BCUT2D eigenvalue weighted by molar-refractivity contribution is 6.68. The van der Waals surface area contributed by atoms with Crippen LogP contribution >= 0.6 is 58.0 Å². The van der Waals surface area contributed by atoms with Crippen LogP contribution in [-0.4, -0.2) is 5.24 Å². The molecule has 7 heteroatoms. The number of alkyl halides is 3. The van der Waals surface area contributed by atoms with Gasteiger partial charge in [0.25, 0.3) is 5.24 Å². The molecule has 2 aromatic rings. The molecule has 0 N–H and O–H groups in total. The minimum Gasteiger partial charge on any atom is -0.457 e. The Hall–Kier alpha value is -0.640. The maximum Gasteiger partial charge on any atom is 0.254 e. The van der Waals surface area contributed by atoms with E-state index in [1.165, 1.54) is 12.1 Å². The highest BCUT2D eigenvalue weighted by Gasteiger charge is 2.22. The smallest absolute Gasteiger partial charge is 0.254 e. The van der Waals surface area contributed by atoms with Crippen LogP contribution in [0.3, 0.4) is 0 Å². The van der Waals surface area contributed by atoms with Gasteiger partial charge in [0.05, 0.1) is 10.6 Å². The molecule has 0 aliphatic carbocycles. The van der Waals surface area contributed by atoms with Crippen LogP contribution in [0.5, 0.6) is 11.5 Å². The van der Waals surface area contributed by atoms with E-state index in [-0.39, 0.29) is 10.6 Å². The van der Waals surface area contributed by atoms with E-state index in [1.807, 2.05) is 0 Å². The first kappa shape index (κ1) is 16.7. The molecule has 0 saturated heterocycles. The second kappa shape index (κ2) is 6.64. The standard InChI is InChI=1S/C14H7Cl5O2/c15-12-6-5-10(7-11(12)13(16)20)21-9-3-1-8(2-4-9)14(17,18)19/h1-7H. The summed E-state index contributed by atoms with van der Waals surface area (Å²) in [5.74, 6) is 0.938. The van der Waals surface area contributed by atoms with E-state index in [0.717, 1.165) is 0 Å². The number of carbonyl (C=O) groups is 1. The largest absolute Gasteiger partial charge is 0.457 e. The molecule has 0 aromatic heterocycles. The molecular formula is C14H7Cl5O2. The van der Waals surface area contributed by atoms with Gasteiger partial charge in [-0.25, -0.2) is 0 Å². The average molecular weight is 384 g/mol. The highest BCUT2D eigenvalue weighted by Crippen LogP contribution is 2.39. The molecule has 2 aromatic carbocycles. The predicted molar refractivity (Wildman–Crippen MR) is 87.4 cm³/mol. The number of carbonyl (C=O) groups excluding carboxylic acids is 1. The molecule has 0 heterocycles. The average Bonchev–Trinajstić information content (AvgIpc) is 2.40. The van der Waals surface area contributed by atoms with Crippen molar-refractivity contribution in [1.82, 2.24) is 0 Å². The molecule has 0 aliphatic heterocycles. The lowest BCUT2D eigenvalue weighted by Gasteiger charge is -2.12. The zero-order chi connectivity index (χ0) is 15.6. The van der Waals surface area contributed by atoms with Crippen LogP contribution in [0.25, 0.3) is 0 Å². The number of halogens is 5. The van der Waals surface area contributed by atoms with Crippen molar-refractivity contribution in [3.8, 4) is 11.5 Å². The summed E-state index contributed by atoms with van der Waals surface area (Å²) < 4.78 is 4.10. The maximum atomic E-state index is 11.2. The van der Waals surface area contributed by atoms with Gasteiger partial charge in [-0.2, -0.15) is 0 Å². The SMILES string of the molecule is O=C(Cl)c1cc(Oc2ccc(C(Cl)(Cl)Cl)cc2)ccc1Cl. The van der Waals surface area contributed by atoms with E-state index >= 15 is 0 Å². The number of hydrogen-bond acceptors (Lipinski definition) is 2. The first-order valence-corrected chi connectivity index (χ1v) is 7.51. The Kier molecular flexibility index (Phi) is 5.29. The van der Waals surface area contributed by atoms with E-state index in [2.05, 4.69) is 0 Å². The number of hydrogen-bond donors (Lipinski definition) is 0. The van der Waals surface area contributed by atoms with Gasteiger partial charge in [0.2, 0.25) is 3.79 Å². The van der Waals surface area contributed by atoms with E-state index in [0.29, 0.717) is 17.1 Å². The summed E-state index contributed by atoms with van der Waals surface area (Å²) in [6.45, 7) is 0. The predicted octanol–water partition coefficient (Wildman–Crippen LogP) is 6.34. The van der Waals surface area contributed by atoms with E-state index in [1.54, 1.807) is 30.3 Å². The molecule has 0 amide bonds. The van der Waals surface area contributed by atoms with Crippen molar-refractivity contribution in [2.45, 2.75) is 3.79 Å². The van der Waals surface area contributed by atoms with Crippen molar-refractivity contribution in [3.05, 3.63) is 58.6 Å². The Morgan fingerprint density at radius 3 is 2.05 bits per heavy atom. The lowest BCUT2D eigenvalue weighted by atomic mass is 10.2. The van der Waals surface area contributed by atoms with E-state index in [9.17, 15) is 4.79 Å². The second-order valence-corrected chi connectivity index (χ2v) is 7.07. The Labute approximate surface area is 146 Å². The maximum absolute atomic E-state index is 11.2. The van der Waals surface area contributed by atoms with Gasteiger partial charge in [0.15, 0.2) is 0 Å². The third kappa shape index (κ3) is 4.41. The van der Waals surface area contributed by atoms with E-state index in [4.69, 9.17) is 62.7 Å². The lowest BCUT2D eigenvalue weighted by Crippen LogP contribution is -1.99. The summed E-state index contributed by atoms with van der Waals surface area (Å²) in [4.78, 5) is 11.2. The molecule has 0 atom stereocenters. The Morgan fingerprint density at radius 1 is 0.952 bits per heavy atom. The van der Waals surface area contributed by atoms with Crippen molar-refractivity contribution in [2.75, 3.05) is 0 Å². The van der Waals surface area contributed by atoms with Crippen molar-refractivity contribution in [1.29, 1.82) is 0 Å². The molecule has 0 fully saturated rings. The highest BCUT2D eigenvalue weighted by atomic mass is 35.6. The number of benzene rings is 2. The van der Waals surface area contributed by atoms with Crippen molar-refractivity contribution in [3.63, 3.8) is 0 Å². The Bertz CT molecular complexity index is 662. The van der Waals surface area contributed by atoms with Crippen LogP contribution in [-0.2, 0) is 3.79 Å². The van der Waals surface area contributed by atoms with Gasteiger partial charge in [-0.3, -0.25) is 4.79 Å². The minimum atomic E-state index is -1.49. The molecular weight excluding hydrogens is 377 g/mol. The Morgan fingerprint density at radius 2 is 1.52 bits per heavy atom. The summed E-state index contributed by atoms with van der Waals surface area (Å²) in [5.41, 5.74) is 0.696. The summed E-state index contributed by atoms with van der Waals surface area (Å²) in [6.07, 6.45) is 0. The summed E-state index contributed by atoms with van der Waals surface area (Å²) in [7, 11) is 0. The van der Waals surface area contributed by atoms with Gasteiger partial charge in [-0.1, -0.05) is 58.5 Å². The minimum absolute atomic E-state index is 0.175. The van der Waals surface area contributed by atoms with Crippen LogP contribution in [0, 0.1) is 0 Å². The molecule has 2 rings (SSSR count). The molecule has 0 radical (unpaired) electrons. The molecule has 0 aliphatic rings. The lowest BCUT2D eigenvalue weighted by molar-refractivity contribution is 0.108. The summed E-state index contributed by atoms with van der Waals surface area (Å²) in [5, 5.41) is -0.397. The van der Waals surface area contributed by atoms with Crippen LogP contribution in [0.1, 0.15) is 15.9 Å². The first-order chi connectivity index (χ1) is 9.77. The van der Waals surface area contributed by atoms with Gasteiger partial charge in [-0.05, 0) is 41.9 Å². The van der Waals surface area contributed by atoms with Gasteiger partial charge in [0.1, 0.15) is 11.5 Å². The fourth-order valence-corrected chi connectivity index (χ4v) is 2.35. The topological polar surface area (TPSA) is 26.3 Å². The fourth-order valence-electron chi connectivity index (χ4n) is 1.57. The summed E-state index contributed by atoms with van der Waals surface area (Å²) in [6, 6.07) is 11.2. The zero-order valence-electron chi connectivity index (χ0n) is 10.2. The van der Waals surface area contributed by atoms with Crippen LogP contribution in [0.2, 0.25) is 5.02 Å². The zero-order valence-corrected chi connectivity index (χ0v) is 14.0. The van der Waals surface area contributed by atoms with Gasteiger partial charge in [0, 0.05) is 5.56 Å². The normalized spacial score (nSPS) is 11.3. The number of ether oxygens (including phenoxy) is 1. The van der Waals surface area contributed by atoms with Crippen molar-refractivity contribution < 1.29 is 9.53 Å². The molecule has 0 bridgehead atoms. The first-order valence-electron chi connectivity index (χ1n) is 5.62. The van der Waals surface area contributed by atoms with Crippen LogP contribution in [0.15, 0.2) is 42.5 Å². The molecule has 110 valence electrons. The quantitative estimate of drug-likeness (QED) is 0.456. The second-order valence-electron chi connectivity index (χ2n) is 4.04. The van der Waals surface area contributed by atoms with Crippen LogP contribution < -0.4 is 4.74 Å². The third-order valence-corrected chi connectivity index (χ3v) is 3.75. The molecule has 0 unspecified atom stereocenters. The molecule has 0 spiro atoms. The molecule has 0 saturated carbocycles.